The molecular formula is C20H44N2O. The molecular weight excluding hydrogens is 284 g/mol. The SMILES string of the molecule is CC(C)CCCC(COCC(CCCC(C)C)N(C)C)N(C)C. The summed E-state index contributed by atoms with van der Waals surface area (Å²) < 4.78 is 6.11. The van der Waals surface area contributed by atoms with Crippen LogP contribution in [-0.2, 0) is 4.74 Å². The fraction of sp³-hybridized carbons (Fsp3) is 1.00. The average molecular weight is 329 g/mol. The summed E-state index contributed by atoms with van der Waals surface area (Å²) in [6, 6.07) is 1.10. The van der Waals surface area contributed by atoms with Crippen LogP contribution in [0, 0.1) is 11.8 Å². The van der Waals surface area contributed by atoms with Crippen molar-refractivity contribution >= 4 is 0 Å². The van der Waals surface area contributed by atoms with Gasteiger partial charge in [-0.05, 0) is 52.9 Å². The molecule has 0 aliphatic carbocycles. The molecule has 0 aromatic carbocycles. The summed E-state index contributed by atoms with van der Waals surface area (Å²) in [5, 5.41) is 0. The van der Waals surface area contributed by atoms with Gasteiger partial charge in [-0.2, -0.15) is 0 Å². The molecule has 0 spiro atoms. The van der Waals surface area contributed by atoms with Gasteiger partial charge in [0.1, 0.15) is 0 Å². The molecule has 140 valence electrons. The Kier molecular flexibility index (Phi) is 13.1. The Labute approximate surface area is 146 Å². The summed E-state index contributed by atoms with van der Waals surface area (Å²) in [5.41, 5.74) is 0. The van der Waals surface area contributed by atoms with E-state index in [0.29, 0.717) is 12.1 Å². The second-order valence-corrected chi connectivity index (χ2v) is 8.42. The number of hydrogen-bond acceptors (Lipinski definition) is 3. The molecule has 0 amide bonds. The molecule has 0 bridgehead atoms. The van der Waals surface area contributed by atoms with Crippen LogP contribution in [0.3, 0.4) is 0 Å². The molecule has 23 heavy (non-hydrogen) atoms. The van der Waals surface area contributed by atoms with Gasteiger partial charge in [-0.1, -0.05) is 53.4 Å². The quantitative estimate of drug-likeness (QED) is 0.466. The first-order chi connectivity index (χ1) is 10.7. The highest BCUT2D eigenvalue weighted by Gasteiger charge is 2.15. The van der Waals surface area contributed by atoms with Crippen molar-refractivity contribution < 1.29 is 4.74 Å². The summed E-state index contributed by atoms with van der Waals surface area (Å²) in [7, 11) is 8.70. The molecule has 3 heteroatoms. The van der Waals surface area contributed by atoms with E-state index in [1.807, 2.05) is 0 Å². The third kappa shape index (κ3) is 12.9. The maximum atomic E-state index is 6.11. The van der Waals surface area contributed by atoms with Gasteiger partial charge in [0, 0.05) is 12.1 Å². The molecule has 2 atom stereocenters. The van der Waals surface area contributed by atoms with Gasteiger partial charge in [0.25, 0.3) is 0 Å². The topological polar surface area (TPSA) is 15.7 Å². The van der Waals surface area contributed by atoms with Crippen LogP contribution < -0.4 is 0 Å². The summed E-state index contributed by atoms with van der Waals surface area (Å²) in [6.45, 7) is 10.9. The largest absolute Gasteiger partial charge is 0.378 e. The zero-order valence-corrected chi connectivity index (χ0v) is 17.3. The Morgan fingerprint density at radius 2 is 0.957 bits per heavy atom. The Morgan fingerprint density at radius 3 is 1.22 bits per heavy atom. The second kappa shape index (κ2) is 13.2. The van der Waals surface area contributed by atoms with Crippen LogP contribution in [0.2, 0.25) is 0 Å². The van der Waals surface area contributed by atoms with Crippen LogP contribution in [0.1, 0.15) is 66.2 Å². The van der Waals surface area contributed by atoms with E-state index in [4.69, 9.17) is 4.74 Å². The fourth-order valence-electron chi connectivity index (χ4n) is 2.84. The van der Waals surface area contributed by atoms with Crippen LogP contribution in [0.25, 0.3) is 0 Å². The summed E-state index contributed by atoms with van der Waals surface area (Å²) in [5.74, 6) is 1.61. The number of rotatable bonds is 14. The van der Waals surface area contributed by atoms with Crippen molar-refractivity contribution in [1.29, 1.82) is 0 Å². The molecule has 0 radical (unpaired) electrons. The molecule has 0 heterocycles. The first-order valence-electron chi connectivity index (χ1n) is 9.64. The molecule has 0 saturated heterocycles. The second-order valence-electron chi connectivity index (χ2n) is 8.42. The van der Waals surface area contributed by atoms with Gasteiger partial charge in [0.15, 0.2) is 0 Å². The lowest BCUT2D eigenvalue weighted by atomic mass is 10.0. The van der Waals surface area contributed by atoms with Crippen molar-refractivity contribution in [3.8, 4) is 0 Å². The highest BCUT2D eigenvalue weighted by atomic mass is 16.5. The molecule has 0 aromatic rings. The van der Waals surface area contributed by atoms with E-state index in [1.54, 1.807) is 0 Å². The van der Waals surface area contributed by atoms with Crippen molar-refractivity contribution in [2.45, 2.75) is 78.3 Å². The third-order valence-electron chi connectivity index (χ3n) is 4.72. The highest BCUT2D eigenvalue weighted by molar-refractivity contribution is 4.69. The maximum Gasteiger partial charge on any atom is 0.0622 e. The first-order valence-corrected chi connectivity index (χ1v) is 9.64. The van der Waals surface area contributed by atoms with E-state index in [9.17, 15) is 0 Å². The molecule has 0 saturated carbocycles. The van der Waals surface area contributed by atoms with Crippen LogP contribution in [-0.4, -0.2) is 63.3 Å². The van der Waals surface area contributed by atoms with Crippen molar-refractivity contribution in [2.75, 3.05) is 41.4 Å². The lowest BCUT2D eigenvalue weighted by Gasteiger charge is -2.28. The zero-order chi connectivity index (χ0) is 17.8. The molecule has 0 N–H and O–H groups in total. The fourth-order valence-corrected chi connectivity index (χ4v) is 2.84. The Morgan fingerprint density at radius 1 is 0.609 bits per heavy atom. The standard InChI is InChI=1S/C20H44N2O/c1-17(2)11-9-13-19(21(5)6)15-23-16-20(22(7)8)14-10-12-18(3)4/h17-20H,9-16H2,1-8H3. The summed E-state index contributed by atoms with van der Waals surface area (Å²) in [4.78, 5) is 4.65. The van der Waals surface area contributed by atoms with Gasteiger partial charge in [0.2, 0.25) is 0 Å². The van der Waals surface area contributed by atoms with Crippen LogP contribution in [0.5, 0.6) is 0 Å². The predicted octanol–water partition coefficient (Wildman–Crippen LogP) is 4.52. The number of likely N-dealkylation sites (N-methyl/N-ethyl adjacent to an activating group) is 2. The number of ether oxygens (including phenoxy) is 1. The van der Waals surface area contributed by atoms with Gasteiger partial charge in [-0.15, -0.1) is 0 Å². The van der Waals surface area contributed by atoms with Crippen LogP contribution in [0.4, 0.5) is 0 Å². The smallest absolute Gasteiger partial charge is 0.0622 e. The van der Waals surface area contributed by atoms with E-state index in [0.717, 1.165) is 25.0 Å². The molecule has 0 rings (SSSR count). The minimum atomic E-state index is 0.548. The minimum absolute atomic E-state index is 0.548. The van der Waals surface area contributed by atoms with Gasteiger partial charge in [0.05, 0.1) is 13.2 Å². The van der Waals surface area contributed by atoms with E-state index in [-0.39, 0.29) is 0 Å². The molecule has 3 nitrogen and oxygen atoms in total. The van der Waals surface area contributed by atoms with E-state index < -0.39 is 0 Å². The Bertz CT molecular complexity index is 238. The highest BCUT2D eigenvalue weighted by Crippen LogP contribution is 2.14. The molecule has 0 aliphatic heterocycles. The van der Waals surface area contributed by atoms with Crippen LogP contribution >= 0.6 is 0 Å². The first kappa shape index (κ1) is 22.9. The van der Waals surface area contributed by atoms with Crippen molar-refractivity contribution in [1.82, 2.24) is 9.80 Å². The molecule has 2 unspecified atom stereocenters. The maximum absolute atomic E-state index is 6.11. The van der Waals surface area contributed by atoms with Gasteiger partial charge >= 0.3 is 0 Å². The Balaban J connectivity index is 4.10. The van der Waals surface area contributed by atoms with Gasteiger partial charge in [-0.25, -0.2) is 0 Å². The molecule has 0 aliphatic rings. The molecule has 0 fully saturated rings. The lowest BCUT2D eigenvalue weighted by Crippen LogP contribution is -2.37. The Hall–Kier alpha value is -0.120. The van der Waals surface area contributed by atoms with E-state index >= 15 is 0 Å². The minimum Gasteiger partial charge on any atom is -0.378 e. The summed E-state index contributed by atoms with van der Waals surface area (Å²) >= 11 is 0. The van der Waals surface area contributed by atoms with E-state index in [1.165, 1.54) is 38.5 Å². The average Bonchev–Trinajstić information content (AvgIpc) is 2.42. The normalized spacial score (nSPS) is 15.1. The van der Waals surface area contributed by atoms with Gasteiger partial charge < -0.3 is 14.5 Å². The van der Waals surface area contributed by atoms with Crippen molar-refractivity contribution in [2.24, 2.45) is 11.8 Å². The van der Waals surface area contributed by atoms with Crippen molar-refractivity contribution in [3.63, 3.8) is 0 Å². The number of nitrogens with zero attached hydrogens (tertiary/aromatic N) is 2. The summed E-state index contributed by atoms with van der Waals surface area (Å²) in [6.07, 6.45) is 7.72. The third-order valence-corrected chi connectivity index (χ3v) is 4.72. The van der Waals surface area contributed by atoms with Gasteiger partial charge in [-0.3, -0.25) is 0 Å². The lowest BCUT2D eigenvalue weighted by molar-refractivity contribution is 0.0384. The van der Waals surface area contributed by atoms with Crippen molar-refractivity contribution in [3.05, 3.63) is 0 Å². The molecule has 0 aromatic heterocycles. The number of hydrogen-bond donors (Lipinski definition) is 0. The van der Waals surface area contributed by atoms with E-state index in [2.05, 4.69) is 65.7 Å². The monoisotopic (exact) mass is 328 g/mol. The zero-order valence-electron chi connectivity index (χ0n) is 17.3. The van der Waals surface area contributed by atoms with Crippen LogP contribution in [0.15, 0.2) is 0 Å². The predicted molar refractivity (Wildman–Crippen MR) is 103 cm³/mol.